The number of benzene rings is 1. The molecule has 1 N–H and O–H groups in total. The Morgan fingerprint density at radius 2 is 1.93 bits per heavy atom. The van der Waals surface area contributed by atoms with Crippen LogP contribution in [0.3, 0.4) is 0 Å². The highest BCUT2D eigenvalue weighted by molar-refractivity contribution is 5.68. The van der Waals surface area contributed by atoms with Crippen LogP contribution in [0.15, 0.2) is 55.1 Å². The first kappa shape index (κ1) is 21.8. The van der Waals surface area contributed by atoms with E-state index in [-0.39, 0.29) is 12.1 Å². The molecule has 1 heterocycles. The van der Waals surface area contributed by atoms with Crippen LogP contribution in [0.2, 0.25) is 0 Å². The van der Waals surface area contributed by atoms with Crippen molar-refractivity contribution >= 4 is 6.09 Å². The van der Waals surface area contributed by atoms with Crippen molar-refractivity contribution in [2.75, 3.05) is 0 Å². The van der Waals surface area contributed by atoms with E-state index in [4.69, 9.17) is 4.74 Å². The largest absolute Gasteiger partial charge is 0.444 e. The summed E-state index contributed by atoms with van der Waals surface area (Å²) in [5, 5.41) is 2.98. The second-order valence-electron chi connectivity index (χ2n) is 8.30. The third-order valence-electron chi connectivity index (χ3n) is 4.63. The normalized spacial score (nSPS) is 12.4. The molecular formula is C24H34N2O2. The van der Waals surface area contributed by atoms with Crippen LogP contribution in [0.4, 0.5) is 4.79 Å². The number of amides is 1. The molecular weight excluding hydrogens is 348 g/mol. The van der Waals surface area contributed by atoms with Crippen LogP contribution in [0.1, 0.15) is 57.0 Å². The summed E-state index contributed by atoms with van der Waals surface area (Å²) in [6.07, 6.45) is 5.09. The van der Waals surface area contributed by atoms with E-state index < -0.39 is 5.60 Å². The van der Waals surface area contributed by atoms with Crippen LogP contribution in [0, 0.1) is 6.92 Å². The van der Waals surface area contributed by atoms with Gasteiger partial charge < -0.3 is 14.6 Å². The van der Waals surface area contributed by atoms with Gasteiger partial charge in [0.15, 0.2) is 0 Å². The van der Waals surface area contributed by atoms with Gasteiger partial charge in [0.1, 0.15) is 5.60 Å². The minimum absolute atomic E-state index is 0.0472. The number of ether oxygens (including phenoxy) is 1. The van der Waals surface area contributed by atoms with E-state index >= 15 is 0 Å². The van der Waals surface area contributed by atoms with Crippen molar-refractivity contribution in [3.05, 3.63) is 72.1 Å². The molecule has 0 spiro atoms. The molecule has 2 aromatic rings. The van der Waals surface area contributed by atoms with Crippen LogP contribution in [-0.2, 0) is 17.7 Å². The number of alkyl carbamates (subject to hydrolysis) is 1. The van der Waals surface area contributed by atoms with E-state index in [1.807, 2.05) is 32.9 Å². The standard InChI is InChI=1S/C24H34N2O2/c1-6-11-21(25-23(27)28-24(3,4)5)14-10-15-22-17-16-19(2)26(22)18-20-12-8-7-9-13-20/h6-9,12-13,16-17,21H,1,10-11,14-15,18H2,2-5H3,(H,25,27). The Balaban J connectivity index is 1.92. The molecule has 0 aliphatic rings. The molecule has 1 unspecified atom stereocenters. The van der Waals surface area contributed by atoms with Gasteiger partial charge in [-0.05, 0) is 71.1 Å². The molecule has 0 bridgehead atoms. The molecule has 0 radical (unpaired) electrons. The maximum Gasteiger partial charge on any atom is 0.407 e. The Labute approximate surface area is 169 Å². The van der Waals surface area contributed by atoms with Gasteiger partial charge in [0.2, 0.25) is 0 Å². The summed E-state index contributed by atoms with van der Waals surface area (Å²) in [5.74, 6) is 0. The molecule has 4 nitrogen and oxygen atoms in total. The number of rotatable bonds is 9. The molecule has 1 aromatic heterocycles. The fraction of sp³-hybridized carbons (Fsp3) is 0.458. The minimum atomic E-state index is -0.487. The van der Waals surface area contributed by atoms with Gasteiger partial charge in [-0.1, -0.05) is 36.4 Å². The summed E-state index contributed by atoms with van der Waals surface area (Å²) in [6.45, 7) is 12.5. The third-order valence-corrected chi connectivity index (χ3v) is 4.63. The summed E-state index contributed by atoms with van der Waals surface area (Å²) in [6, 6.07) is 15.0. The molecule has 0 aliphatic heterocycles. The molecule has 1 amide bonds. The Kier molecular flexibility index (Phi) is 7.91. The molecule has 152 valence electrons. The summed E-state index contributed by atoms with van der Waals surface area (Å²) in [7, 11) is 0. The van der Waals surface area contributed by atoms with Crippen LogP contribution in [-0.4, -0.2) is 22.3 Å². The van der Waals surface area contributed by atoms with Crippen molar-refractivity contribution in [2.24, 2.45) is 0 Å². The lowest BCUT2D eigenvalue weighted by Crippen LogP contribution is -2.39. The van der Waals surface area contributed by atoms with Crippen molar-refractivity contribution in [3.8, 4) is 0 Å². The summed E-state index contributed by atoms with van der Waals surface area (Å²) < 4.78 is 7.75. The van der Waals surface area contributed by atoms with Crippen LogP contribution in [0.25, 0.3) is 0 Å². The Morgan fingerprint density at radius 3 is 2.57 bits per heavy atom. The summed E-state index contributed by atoms with van der Waals surface area (Å²) in [4.78, 5) is 12.1. The Hall–Kier alpha value is -2.49. The second kappa shape index (κ2) is 10.2. The van der Waals surface area contributed by atoms with Crippen molar-refractivity contribution in [3.63, 3.8) is 0 Å². The van der Waals surface area contributed by atoms with Gasteiger partial charge in [-0.15, -0.1) is 6.58 Å². The highest BCUT2D eigenvalue weighted by atomic mass is 16.6. The third kappa shape index (κ3) is 7.26. The zero-order valence-electron chi connectivity index (χ0n) is 17.7. The minimum Gasteiger partial charge on any atom is -0.444 e. The molecule has 4 heteroatoms. The number of aromatic nitrogens is 1. The first-order valence-corrected chi connectivity index (χ1v) is 10.1. The van der Waals surface area contributed by atoms with E-state index in [0.29, 0.717) is 0 Å². The fourth-order valence-electron chi connectivity index (χ4n) is 3.29. The summed E-state index contributed by atoms with van der Waals surface area (Å²) in [5.41, 5.74) is 3.42. The molecule has 1 aromatic carbocycles. The monoisotopic (exact) mass is 382 g/mol. The van der Waals surface area contributed by atoms with Gasteiger partial charge in [0.05, 0.1) is 0 Å². The highest BCUT2D eigenvalue weighted by Crippen LogP contribution is 2.16. The zero-order chi connectivity index (χ0) is 20.6. The van der Waals surface area contributed by atoms with Crippen LogP contribution >= 0.6 is 0 Å². The molecule has 0 saturated heterocycles. The van der Waals surface area contributed by atoms with Crippen molar-refractivity contribution in [2.45, 2.75) is 71.6 Å². The van der Waals surface area contributed by atoms with Gasteiger partial charge >= 0.3 is 6.09 Å². The second-order valence-corrected chi connectivity index (χ2v) is 8.30. The van der Waals surface area contributed by atoms with Crippen molar-refractivity contribution in [1.82, 2.24) is 9.88 Å². The molecule has 2 rings (SSSR count). The number of hydrogen-bond donors (Lipinski definition) is 1. The number of aryl methyl sites for hydroxylation is 2. The van der Waals surface area contributed by atoms with Crippen LogP contribution in [0.5, 0.6) is 0 Å². The summed E-state index contributed by atoms with van der Waals surface area (Å²) >= 11 is 0. The van der Waals surface area contributed by atoms with E-state index in [9.17, 15) is 4.79 Å². The molecule has 0 saturated carbocycles. The number of nitrogens with one attached hydrogen (secondary N) is 1. The quantitative estimate of drug-likeness (QED) is 0.571. The Bertz CT molecular complexity index is 757. The SMILES string of the molecule is C=CCC(CCCc1ccc(C)n1Cc1ccccc1)NC(=O)OC(C)(C)C. The van der Waals surface area contributed by atoms with E-state index in [1.54, 1.807) is 0 Å². The first-order valence-electron chi connectivity index (χ1n) is 10.1. The highest BCUT2D eigenvalue weighted by Gasteiger charge is 2.19. The smallest absolute Gasteiger partial charge is 0.407 e. The zero-order valence-corrected chi connectivity index (χ0v) is 17.7. The van der Waals surface area contributed by atoms with E-state index in [2.05, 4.69) is 59.8 Å². The van der Waals surface area contributed by atoms with E-state index in [0.717, 1.165) is 32.2 Å². The van der Waals surface area contributed by atoms with E-state index in [1.165, 1.54) is 17.0 Å². The first-order chi connectivity index (χ1) is 13.3. The van der Waals surface area contributed by atoms with Gasteiger partial charge in [-0.25, -0.2) is 4.79 Å². The van der Waals surface area contributed by atoms with Crippen molar-refractivity contribution < 1.29 is 9.53 Å². The van der Waals surface area contributed by atoms with Gasteiger partial charge in [0, 0.05) is 24.0 Å². The van der Waals surface area contributed by atoms with Gasteiger partial charge in [0.25, 0.3) is 0 Å². The number of nitrogens with zero attached hydrogens (tertiary/aromatic N) is 1. The average Bonchev–Trinajstić information content (AvgIpc) is 2.94. The lowest BCUT2D eigenvalue weighted by Gasteiger charge is -2.23. The lowest BCUT2D eigenvalue weighted by atomic mass is 10.1. The van der Waals surface area contributed by atoms with Crippen LogP contribution < -0.4 is 5.32 Å². The number of hydrogen-bond acceptors (Lipinski definition) is 2. The lowest BCUT2D eigenvalue weighted by molar-refractivity contribution is 0.0502. The van der Waals surface area contributed by atoms with Crippen molar-refractivity contribution in [1.29, 1.82) is 0 Å². The van der Waals surface area contributed by atoms with Gasteiger partial charge in [-0.2, -0.15) is 0 Å². The number of carbonyl (C=O) groups is 1. The van der Waals surface area contributed by atoms with Gasteiger partial charge in [-0.3, -0.25) is 0 Å². The predicted molar refractivity (Wildman–Crippen MR) is 116 cm³/mol. The average molecular weight is 383 g/mol. The molecule has 0 aliphatic carbocycles. The maximum absolute atomic E-state index is 12.1. The molecule has 1 atom stereocenters. The fourth-order valence-corrected chi connectivity index (χ4v) is 3.29. The Morgan fingerprint density at radius 1 is 1.21 bits per heavy atom. The number of carbonyl (C=O) groups excluding carboxylic acids is 1. The maximum atomic E-state index is 12.1. The topological polar surface area (TPSA) is 43.3 Å². The molecule has 28 heavy (non-hydrogen) atoms. The molecule has 0 fully saturated rings. The predicted octanol–water partition coefficient (Wildman–Crippen LogP) is 5.64.